The van der Waals surface area contributed by atoms with Crippen LogP contribution < -0.4 is 4.74 Å². The van der Waals surface area contributed by atoms with Crippen LogP contribution in [0.5, 0.6) is 5.75 Å². The standard InChI is InChI=1S/C15H11F3N2O2S/c1-21-9-4-5-11-12(7-9)19-14(15(16,17)18)20-13(11)23-8-10-3-2-6-22-10/h2-7H,8H2,1H3. The van der Waals surface area contributed by atoms with Gasteiger partial charge in [0.15, 0.2) is 0 Å². The molecule has 4 nitrogen and oxygen atoms in total. The number of benzene rings is 1. The molecule has 0 aliphatic carbocycles. The van der Waals surface area contributed by atoms with E-state index in [0.717, 1.165) is 0 Å². The lowest BCUT2D eigenvalue weighted by Gasteiger charge is -2.11. The van der Waals surface area contributed by atoms with Crippen molar-refractivity contribution in [1.82, 2.24) is 9.97 Å². The summed E-state index contributed by atoms with van der Waals surface area (Å²) in [5.41, 5.74) is 0.189. The summed E-state index contributed by atoms with van der Waals surface area (Å²) in [6, 6.07) is 8.25. The molecule has 0 fully saturated rings. The number of hydrogen-bond donors (Lipinski definition) is 0. The summed E-state index contributed by atoms with van der Waals surface area (Å²) < 4.78 is 49.3. The minimum absolute atomic E-state index is 0.189. The van der Waals surface area contributed by atoms with E-state index in [1.807, 2.05) is 0 Å². The maximum atomic E-state index is 13.0. The Labute approximate surface area is 133 Å². The summed E-state index contributed by atoms with van der Waals surface area (Å²) in [5, 5.41) is 0.789. The van der Waals surface area contributed by atoms with Gasteiger partial charge in [-0.1, -0.05) is 11.8 Å². The van der Waals surface area contributed by atoms with Gasteiger partial charge in [-0.2, -0.15) is 13.2 Å². The Morgan fingerprint density at radius 2 is 2.04 bits per heavy atom. The number of aromatic nitrogens is 2. The number of thioether (sulfide) groups is 1. The fourth-order valence-corrected chi connectivity index (χ4v) is 2.90. The van der Waals surface area contributed by atoms with E-state index in [2.05, 4.69) is 9.97 Å². The van der Waals surface area contributed by atoms with E-state index in [0.29, 0.717) is 22.6 Å². The summed E-state index contributed by atoms with van der Waals surface area (Å²) >= 11 is 1.17. The molecule has 23 heavy (non-hydrogen) atoms. The summed E-state index contributed by atoms with van der Waals surface area (Å²) in [6.45, 7) is 0. The van der Waals surface area contributed by atoms with Gasteiger partial charge >= 0.3 is 6.18 Å². The van der Waals surface area contributed by atoms with Crippen molar-refractivity contribution in [2.75, 3.05) is 7.11 Å². The van der Waals surface area contributed by atoms with Crippen LogP contribution in [-0.2, 0) is 11.9 Å². The Hall–Kier alpha value is -2.22. The molecule has 0 spiro atoms. The van der Waals surface area contributed by atoms with Gasteiger partial charge in [0.25, 0.3) is 0 Å². The third kappa shape index (κ3) is 3.42. The Balaban J connectivity index is 2.05. The molecule has 0 radical (unpaired) electrons. The lowest BCUT2D eigenvalue weighted by molar-refractivity contribution is -0.145. The number of rotatable bonds is 4. The first-order valence-corrected chi connectivity index (χ1v) is 7.54. The topological polar surface area (TPSA) is 48.2 Å². The summed E-state index contributed by atoms with van der Waals surface area (Å²) in [4.78, 5) is 7.28. The molecule has 3 rings (SSSR count). The zero-order valence-corrected chi connectivity index (χ0v) is 12.7. The van der Waals surface area contributed by atoms with Gasteiger partial charge in [-0.05, 0) is 24.3 Å². The quantitative estimate of drug-likeness (QED) is 0.515. The van der Waals surface area contributed by atoms with Crippen LogP contribution in [0.2, 0.25) is 0 Å². The van der Waals surface area contributed by atoms with Gasteiger partial charge in [0, 0.05) is 11.5 Å². The number of alkyl halides is 3. The molecule has 0 saturated carbocycles. The van der Waals surface area contributed by atoms with Crippen LogP contribution in [0.4, 0.5) is 13.2 Å². The van der Waals surface area contributed by atoms with Crippen molar-refractivity contribution in [2.24, 2.45) is 0 Å². The molecule has 0 bridgehead atoms. The highest BCUT2D eigenvalue weighted by molar-refractivity contribution is 7.98. The van der Waals surface area contributed by atoms with Crippen molar-refractivity contribution in [3.63, 3.8) is 0 Å². The smallest absolute Gasteiger partial charge is 0.451 e. The van der Waals surface area contributed by atoms with Crippen molar-refractivity contribution in [2.45, 2.75) is 17.0 Å². The maximum Gasteiger partial charge on any atom is 0.451 e. The number of ether oxygens (including phenoxy) is 1. The third-order valence-corrected chi connectivity index (χ3v) is 4.07. The van der Waals surface area contributed by atoms with Crippen LogP contribution in [0, 0.1) is 0 Å². The number of fused-ring (bicyclic) bond motifs is 1. The van der Waals surface area contributed by atoms with E-state index in [-0.39, 0.29) is 10.5 Å². The van der Waals surface area contributed by atoms with Crippen molar-refractivity contribution < 1.29 is 22.3 Å². The van der Waals surface area contributed by atoms with Gasteiger partial charge in [0.2, 0.25) is 5.82 Å². The molecule has 0 N–H and O–H groups in total. The SMILES string of the molecule is COc1ccc2c(SCc3ccco3)nc(C(F)(F)F)nc2c1. The Bertz CT molecular complexity index is 819. The van der Waals surface area contributed by atoms with E-state index < -0.39 is 12.0 Å². The van der Waals surface area contributed by atoms with Crippen LogP contribution in [0.25, 0.3) is 10.9 Å². The second kappa shape index (κ2) is 6.11. The van der Waals surface area contributed by atoms with Gasteiger partial charge in [-0.15, -0.1) is 0 Å². The fourth-order valence-electron chi connectivity index (χ4n) is 1.98. The highest BCUT2D eigenvalue weighted by Crippen LogP contribution is 2.34. The third-order valence-electron chi connectivity index (χ3n) is 3.05. The second-order valence-corrected chi connectivity index (χ2v) is 5.57. The number of furan rings is 1. The van der Waals surface area contributed by atoms with Crippen LogP contribution in [0.3, 0.4) is 0 Å². The summed E-state index contributed by atoms with van der Waals surface area (Å²) in [7, 11) is 1.44. The average Bonchev–Trinajstić information content (AvgIpc) is 3.04. The first-order chi connectivity index (χ1) is 11.0. The Kier molecular flexibility index (Phi) is 4.16. The van der Waals surface area contributed by atoms with Crippen molar-refractivity contribution in [3.8, 4) is 5.75 Å². The van der Waals surface area contributed by atoms with Gasteiger partial charge in [0.05, 0.1) is 24.6 Å². The molecule has 8 heteroatoms. The number of halogens is 3. The monoisotopic (exact) mass is 340 g/mol. The minimum Gasteiger partial charge on any atom is -0.497 e. The normalized spacial score (nSPS) is 11.8. The van der Waals surface area contributed by atoms with Crippen LogP contribution in [0.15, 0.2) is 46.0 Å². The first kappa shape index (κ1) is 15.7. The molecule has 0 aliphatic heterocycles. The lowest BCUT2D eigenvalue weighted by Crippen LogP contribution is -2.11. The lowest BCUT2D eigenvalue weighted by atomic mass is 10.2. The molecular weight excluding hydrogens is 329 g/mol. The van der Waals surface area contributed by atoms with Gasteiger partial charge in [-0.25, -0.2) is 9.97 Å². The summed E-state index contributed by atoms with van der Waals surface area (Å²) in [5.74, 6) is 0.304. The first-order valence-electron chi connectivity index (χ1n) is 6.55. The van der Waals surface area contributed by atoms with E-state index in [9.17, 15) is 13.2 Å². The van der Waals surface area contributed by atoms with Gasteiger partial charge in [0.1, 0.15) is 16.5 Å². The number of methoxy groups -OCH3 is 1. The molecule has 2 aromatic heterocycles. The zero-order valence-electron chi connectivity index (χ0n) is 11.9. The van der Waals surface area contributed by atoms with E-state index in [1.165, 1.54) is 31.2 Å². The molecule has 0 amide bonds. The van der Waals surface area contributed by atoms with Crippen LogP contribution in [-0.4, -0.2) is 17.1 Å². The average molecular weight is 340 g/mol. The van der Waals surface area contributed by atoms with Crippen molar-refractivity contribution in [3.05, 3.63) is 48.2 Å². The predicted octanol–water partition coefficient (Wildman–Crippen LogP) is 4.54. The molecule has 1 aromatic carbocycles. The Morgan fingerprint density at radius 1 is 1.22 bits per heavy atom. The molecular formula is C15H11F3N2O2S. The molecule has 0 atom stereocenters. The summed E-state index contributed by atoms with van der Waals surface area (Å²) in [6.07, 6.45) is -3.10. The number of hydrogen-bond acceptors (Lipinski definition) is 5. The molecule has 0 unspecified atom stereocenters. The molecule has 2 heterocycles. The van der Waals surface area contributed by atoms with E-state index >= 15 is 0 Å². The van der Waals surface area contributed by atoms with Crippen molar-refractivity contribution >= 4 is 22.7 Å². The molecule has 0 aliphatic rings. The van der Waals surface area contributed by atoms with Gasteiger partial charge < -0.3 is 9.15 Å². The highest BCUT2D eigenvalue weighted by Gasteiger charge is 2.35. The fraction of sp³-hybridized carbons (Fsp3) is 0.200. The second-order valence-electron chi connectivity index (χ2n) is 4.60. The maximum absolute atomic E-state index is 13.0. The molecule has 3 aromatic rings. The van der Waals surface area contributed by atoms with E-state index in [4.69, 9.17) is 9.15 Å². The largest absolute Gasteiger partial charge is 0.497 e. The minimum atomic E-state index is -4.61. The predicted molar refractivity (Wildman–Crippen MR) is 79.4 cm³/mol. The van der Waals surface area contributed by atoms with Gasteiger partial charge in [-0.3, -0.25) is 0 Å². The van der Waals surface area contributed by atoms with Crippen LogP contribution >= 0.6 is 11.8 Å². The zero-order chi connectivity index (χ0) is 16.4. The van der Waals surface area contributed by atoms with Crippen molar-refractivity contribution in [1.29, 1.82) is 0 Å². The highest BCUT2D eigenvalue weighted by atomic mass is 32.2. The number of nitrogens with zero attached hydrogens (tertiary/aromatic N) is 2. The Morgan fingerprint density at radius 3 is 2.70 bits per heavy atom. The molecule has 0 saturated heterocycles. The van der Waals surface area contributed by atoms with Crippen LogP contribution in [0.1, 0.15) is 11.6 Å². The van der Waals surface area contributed by atoms with E-state index in [1.54, 1.807) is 24.3 Å². The molecule has 120 valence electrons.